The summed E-state index contributed by atoms with van der Waals surface area (Å²) >= 11 is 0. The maximum absolute atomic E-state index is 12.8. The standard InChI is InChI=1S/C23H25N5O/c1-17-7-6-8-18(2)22(17)24-21-12-11-20(25-26-21)23(29)28-15-13-27(14-16-28)19-9-4-3-5-10-19/h3-12H,13-16H2,1-2H3,(H,24,26). The first-order valence-corrected chi connectivity index (χ1v) is 9.88. The van der Waals surface area contributed by atoms with Crippen molar-refractivity contribution in [3.05, 3.63) is 77.5 Å². The summed E-state index contributed by atoms with van der Waals surface area (Å²) in [7, 11) is 0. The Morgan fingerprint density at radius 2 is 1.52 bits per heavy atom. The molecule has 4 rings (SSSR count). The zero-order valence-corrected chi connectivity index (χ0v) is 16.8. The largest absolute Gasteiger partial charge is 0.368 e. The van der Waals surface area contributed by atoms with Gasteiger partial charge in [0.25, 0.3) is 5.91 Å². The summed E-state index contributed by atoms with van der Waals surface area (Å²) in [5.74, 6) is 0.566. The Morgan fingerprint density at radius 3 is 2.14 bits per heavy atom. The minimum atomic E-state index is -0.0659. The summed E-state index contributed by atoms with van der Waals surface area (Å²) in [6.45, 7) is 7.09. The summed E-state index contributed by atoms with van der Waals surface area (Å²) in [4.78, 5) is 17.0. The molecule has 1 N–H and O–H groups in total. The van der Waals surface area contributed by atoms with E-state index in [9.17, 15) is 4.79 Å². The van der Waals surface area contributed by atoms with Crippen molar-refractivity contribution in [1.82, 2.24) is 15.1 Å². The fourth-order valence-corrected chi connectivity index (χ4v) is 3.62. The highest BCUT2D eigenvalue weighted by Gasteiger charge is 2.23. The quantitative estimate of drug-likeness (QED) is 0.738. The molecule has 0 spiro atoms. The summed E-state index contributed by atoms with van der Waals surface area (Å²) in [6, 6.07) is 20.0. The first-order chi connectivity index (χ1) is 14.1. The third kappa shape index (κ3) is 4.21. The summed E-state index contributed by atoms with van der Waals surface area (Å²) < 4.78 is 0. The van der Waals surface area contributed by atoms with Crippen LogP contribution < -0.4 is 10.2 Å². The van der Waals surface area contributed by atoms with Gasteiger partial charge in [0.1, 0.15) is 0 Å². The van der Waals surface area contributed by atoms with Crippen LogP contribution in [0.15, 0.2) is 60.7 Å². The van der Waals surface area contributed by atoms with Crippen molar-refractivity contribution in [1.29, 1.82) is 0 Å². The van der Waals surface area contributed by atoms with Crippen LogP contribution in [-0.4, -0.2) is 47.2 Å². The molecule has 1 amide bonds. The molecule has 1 aliphatic rings. The second kappa shape index (κ2) is 8.31. The summed E-state index contributed by atoms with van der Waals surface area (Å²) in [6.07, 6.45) is 0. The lowest BCUT2D eigenvalue weighted by atomic mass is 10.1. The normalized spacial score (nSPS) is 14.0. The zero-order valence-electron chi connectivity index (χ0n) is 16.8. The second-order valence-electron chi connectivity index (χ2n) is 7.31. The van der Waals surface area contributed by atoms with Gasteiger partial charge < -0.3 is 15.1 Å². The molecule has 1 aromatic heterocycles. The topological polar surface area (TPSA) is 61.4 Å². The van der Waals surface area contributed by atoms with E-state index in [-0.39, 0.29) is 5.91 Å². The molecule has 2 aromatic carbocycles. The van der Waals surface area contributed by atoms with Crippen molar-refractivity contribution in [2.75, 3.05) is 36.4 Å². The van der Waals surface area contributed by atoms with Crippen molar-refractivity contribution >= 4 is 23.1 Å². The minimum Gasteiger partial charge on any atom is -0.368 e. The van der Waals surface area contributed by atoms with Gasteiger partial charge in [-0.05, 0) is 49.2 Å². The average molecular weight is 387 g/mol. The third-order valence-electron chi connectivity index (χ3n) is 5.31. The average Bonchev–Trinajstić information content (AvgIpc) is 2.77. The van der Waals surface area contributed by atoms with Crippen molar-refractivity contribution < 1.29 is 4.79 Å². The van der Waals surface area contributed by atoms with Gasteiger partial charge in [0.05, 0.1) is 0 Å². The van der Waals surface area contributed by atoms with Crippen LogP contribution in [0.2, 0.25) is 0 Å². The van der Waals surface area contributed by atoms with Gasteiger partial charge in [0, 0.05) is 37.6 Å². The van der Waals surface area contributed by atoms with E-state index in [1.54, 1.807) is 6.07 Å². The molecule has 0 aliphatic carbocycles. The maximum atomic E-state index is 12.8. The minimum absolute atomic E-state index is 0.0659. The fourth-order valence-electron chi connectivity index (χ4n) is 3.62. The smallest absolute Gasteiger partial charge is 0.274 e. The number of nitrogens with one attached hydrogen (secondary N) is 1. The fraction of sp³-hybridized carbons (Fsp3) is 0.261. The lowest BCUT2D eigenvalue weighted by molar-refractivity contribution is 0.0739. The summed E-state index contributed by atoms with van der Waals surface area (Å²) in [5, 5.41) is 11.7. The van der Waals surface area contributed by atoms with Gasteiger partial charge in [-0.3, -0.25) is 4.79 Å². The van der Waals surface area contributed by atoms with Crippen LogP contribution in [0.25, 0.3) is 0 Å². The van der Waals surface area contributed by atoms with Gasteiger partial charge in [-0.15, -0.1) is 10.2 Å². The molecule has 0 bridgehead atoms. The van der Waals surface area contributed by atoms with Crippen LogP contribution >= 0.6 is 0 Å². The number of rotatable bonds is 4. The van der Waals surface area contributed by atoms with Crippen molar-refractivity contribution in [2.24, 2.45) is 0 Å². The van der Waals surface area contributed by atoms with Crippen LogP contribution in [0.4, 0.5) is 17.2 Å². The molecule has 0 atom stereocenters. The highest BCUT2D eigenvalue weighted by Crippen LogP contribution is 2.23. The number of carbonyl (C=O) groups is 1. The molecule has 1 saturated heterocycles. The lowest BCUT2D eigenvalue weighted by Gasteiger charge is -2.35. The number of carbonyl (C=O) groups excluding carboxylic acids is 1. The van der Waals surface area contributed by atoms with E-state index in [2.05, 4.69) is 58.5 Å². The summed E-state index contributed by atoms with van der Waals surface area (Å²) in [5.41, 5.74) is 4.89. The predicted molar refractivity (Wildman–Crippen MR) is 116 cm³/mol. The Hall–Kier alpha value is -3.41. The van der Waals surface area contributed by atoms with Crippen molar-refractivity contribution in [2.45, 2.75) is 13.8 Å². The number of nitrogens with zero attached hydrogens (tertiary/aromatic N) is 4. The Kier molecular flexibility index (Phi) is 5.42. The molecular weight excluding hydrogens is 362 g/mol. The highest BCUT2D eigenvalue weighted by atomic mass is 16.2. The van der Waals surface area contributed by atoms with E-state index < -0.39 is 0 Å². The molecule has 6 heteroatoms. The Balaban J connectivity index is 1.39. The van der Waals surface area contributed by atoms with E-state index >= 15 is 0 Å². The monoisotopic (exact) mass is 387 g/mol. The van der Waals surface area contributed by atoms with E-state index in [1.165, 1.54) is 5.69 Å². The molecule has 0 saturated carbocycles. The lowest BCUT2D eigenvalue weighted by Crippen LogP contribution is -2.49. The predicted octanol–water partition coefficient (Wildman–Crippen LogP) is 3.80. The zero-order chi connectivity index (χ0) is 20.2. The molecule has 0 unspecified atom stereocenters. The Morgan fingerprint density at radius 1 is 0.828 bits per heavy atom. The van der Waals surface area contributed by atoms with E-state index in [0.29, 0.717) is 24.6 Å². The molecular formula is C23H25N5O. The van der Waals surface area contributed by atoms with E-state index in [0.717, 1.165) is 29.9 Å². The molecule has 1 fully saturated rings. The van der Waals surface area contributed by atoms with Crippen molar-refractivity contribution in [3.63, 3.8) is 0 Å². The van der Waals surface area contributed by atoms with Crippen LogP contribution in [0.5, 0.6) is 0 Å². The SMILES string of the molecule is Cc1cccc(C)c1Nc1ccc(C(=O)N2CCN(c3ccccc3)CC2)nn1. The molecule has 1 aliphatic heterocycles. The van der Waals surface area contributed by atoms with Crippen LogP contribution in [0, 0.1) is 13.8 Å². The van der Waals surface area contributed by atoms with Crippen LogP contribution in [0.1, 0.15) is 21.6 Å². The number of hydrogen-bond acceptors (Lipinski definition) is 5. The molecule has 0 radical (unpaired) electrons. The molecule has 148 valence electrons. The second-order valence-corrected chi connectivity index (χ2v) is 7.31. The number of para-hydroxylation sites is 2. The molecule has 6 nitrogen and oxygen atoms in total. The van der Waals surface area contributed by atoms with E-state index in [1.807, 2.05) is 35.2 Å². The van der Waals surface area contributed by atoms with Gasteiger partial charge in [0.15, 0.2) is 11.5 Å². The number of hydrogen-bond donors (Lipinski definition) is 1. The van der Waals surface area contributed by atoms with Gasteiger partial charge in [-0.2, -0.15) is 0 Å². The first kappa shape index (κ1) is 18.9. The number of aryl methyl sites for hydroxylation is 2. The van der Waals surface area contributed by atoms with Gasteiger partial charge >= 0.3 is 0 Å². The third-order valence-corrected chi connectivity index (χ3v) is 5.31. The van der Waals surface area contributed by atoms with Gasteiger partial charge in [0.2, 0.25) is 0 Å². The highest BCUT2D eigenvalue weighted by molar-refractivity contribution is 5.92. The van der Waals surface area contributed by atoms with Crippen molar-refractivity contribution in [3.8, 4) is 0 Å². The van der Waals surface area contributed by atoms with Crippen LogP contribution in [0.3, 0.4) is 0 Å². The number of amides is 1. The number of benzene rings is 2. The molecule has 29 heavy (non-hydrogen) atoms. The van der Waals surface area contributed by atoms with Crippen LogP contribution in [-0.2, 0) is 0 Å². The molecule has 3 aromatic rings. The van der Waals surface area contributed by atoms with E-state index in [4.69, 9.17) is 0 Å². The Bertz CT molecular complexity index is 960. The van der Waals surface area contributed by atoms with Gasteiger partial charge in [-0.1, -0.05) is 36.4 Å². The Labute approximate surface area is 171 Å². The van der Waals surface area contributed by atoms with Gasteiger partial charge in [-0.25, -0.2) is 0 Å². The number of aromatic nitrogens is 2. The number of piperazine rings is 1. The number of anilines is 3. The first-order valence-electron chi connectivity index (χ1n) is 9.88. The molecule has 2 heterocycles. The maximum Gasteiger partial charge on any atom is 0.274 e.